The molecule has 1 aliphatic rings. The second kappa shape index (κ2) is 6.55. The zero-order valence-electron chi connectivity index (χ0n) is 12.1. The summed E-state index contributed by atoms with van der Waals surface area (Å²) >= 11 is 0. The highest BCUT2D eigenvalue weighted by Crippen LogP contribution is 2.13. The van der Waals surface area contributed by atoms with Gasteiger partial charge in [-0.3, -0.25) is 9.59 Å². The van der Waals surface area contributed by atoms with E-state index in [-0.39, 0.29) is 23.8 Å². The fourth-order valence-electron chi connectivity index (χ4n) is 2.54. The Morgan fingerprint density at radius 1 is 1.45 bits per heavy atom. The summed E-state index contributed by atoms with van der Waals surface area (Å²) in [5.41, 5.74) is 2.51. The van der Waals surface area contributed by atoms with Crippen LogP contribution in [0.2, 0.25) is 0 Å². The molecule has 4 heteroatoms. The number of amides is 2. The van der Waals surface area contributed by atoms with Gasteiger partial charge in [-0.15, -0.1) is 0 Å². The predicted molar refractivity (Wildman–Crippen MR) is 78.2 cm³/mol. The van der Waals surface area contributed by atoms with E-state index in [0.717, 1.165) is 6.42 Å². The van der Waals surface area contributed by atoms with Crippen molar-refractivity contribution in [2.45, 2.75) is 39.2 Å². The Bertz CT molecular complexity index is 489. The van der Waals surface area contributed by atoms with Crippen LogP contribution in [0.5, 0.6) is 0 Å². The highest BCUT2D eigenvalue weighted by molar-refractivity contribution is 5.83. The van der Waals surface area contributed by atoms with Crippen LogP contribution in [0, 0.1) is 12.8 Å². The van der Waals surface area contributed by atoms with E-state index in [1.54, 1.807) is 0 Å². The molecule has 0 spiro atoms. The Morgan fingerprint density at radius 2 is 2.20 bits per heavy atom. The number of carbonyl (C=O) groups excluding carboxylic acids is 2. The molecule has 0 unspecified atom stereocenters. The Balaban J connectivity index is 1.85. The third-order valence-corrected chi connectivity index (χ3v) is 3.81. The van der Waals surface area contributed by atoms with Crippen LogP contribution in [0.15, 0.2) is 24.3 Å². The van der Waals surface area contributed by atoms with Crippen molar-refractivity contribution in [1.29, 1.82) is 0 Å². The summed E-state index contributed by atoms with van der Waals surface area (Å²) in [7, 11) is 0. The van der Waals surface area contributed by atoms with Gasteiger partial charge >= 0.3 is 0 Å². The van der Waals surface area contributed by atoms with E-state index in [1.807, 2.05) is 19.1 Å². The molecule has 0 bridgehead atoms. The number of aryl methyl sites for hydroxylation is 1. The molecule has 1 saturated heterocycles. The molecule has 4 nitrogen and oxygen atoms in total. The highest BCUT2D eigenvalue weighted by atomic mass is 16.2. The molecular formula is C16H22N2O2. The number of nitrogens with one attached hydrogen (secondary N) is 2. The van der Waals surface area contributed by atoms with Gasteiger partial charge in [-0.1, -0.05) is 24.3 Å². The van der Waals surface area contributed by atoms with Crippen molar-refractivity contribution in [3.63, 3.8) is 0 Å². The van der Waals surface area contributed by atoms with E-state index in [1.165, 1.54) is 11.1 Å². The molecule has 1 aromatic rings. The maximum absolute atomic E-state index is 12.1. The van der Waals surface area contributed by atoms with Gasteiger partial charge in [0.15, 0.2) is 0 Å². The van der Waals surface area contributed by atoms with Gasteiger partial charge in [-0.05, 0) is 37.8 Å². The number of benzene rings is 1. The molecule has 1 aliphatic heterocycles. The second-order valence-corrected chi connectivity index (χ2v) is 5.58. The minimum Gasteiger partial charge on any atom is -0.355 e. The van der Waals surface area contributed by atoms with Crippen LogP contribution in [0.25, 0.3) is 0 Å². The standard InChI is InChI=1S/C16H22N2O2/c1-11-5-3-4-6-13(11)9-12(2)18-16(20)14-7-8-15(19)17-10-14/h3-6,12,14H,7-10H2,1-2H3,(H,17,19)(H,18,20)/t12-,14+/m0/s1. The topological polar surface area (TPSA) is 58.2 Å². The van der Waals surface area contributed by atoms with E-state index in [2.05, 4.69) is 29.7 Å². The van der Waals surface area contributed by atoms with Crippen LogP contribution in [0.4, 0.5) is 0 Å². The second-order valence-electron chi connectivity index (χ2n) is 5.58. The number of carbonyl (C=O) groups is 2. The summed E-state index contributed by atoms with van der Waals surface area (Å²) in [6.45, 7) is 4.56. The largest absolute Gasteiger partial charge is 0.355 e. The van der Waals surface area contributed by atoms with E-state index in [9.17, 15) is 9.59 Å². The summed E-state index contributed by atoms with van der Waals surface area (Å²) in [6, 6.07) is 8.32. The van der Waals surface area contributed by atoms with Gasteiger partial charge in [0.2, 0.25) is 11.8 Å². The molecule has 108 valence electrons. The van der Waals surface area contributed by atoms with Crippen molar-refractivity contribution in [2.75, 3.05) is 6.54 Å². The average molecular weight is 274 g/mol. The van der Waals surface area contributed by atoms with Crippen LogP contribution >= 0.6 is 0 Å². The summed E-state index contributed by atoms with van der Waals surface area (Å²) < 4.78 is 0. The van der Waals surface area contributed by atoms with Gasteiger partial charge in [0.05, 0.1) is 5.92 Å². The molecule has 2 atom stereocenters. The first-order chi connectivity index (χ1) is 9.56. The Morgan fingerprint density at radius 3 is 2.85 bits per heavy atom. The fourth-order valence-corrected chi connectivity index (χ4v) is 2.54. The SMILES string of the molecule is Cc1ccccc1C[C@H](C)NC(=O)[C@@H]1CCC(=O)NC1. The molecular weight excluding hydrogens is 252 g/mol. The molecule has 2 amide bonds. The minimum absolute atomic E-state index is 0.0435. The van der Waals surface area contributed by atoms with Crippen molar-refractivity contribution in [1.82, 2.24) is 10.6 Å². The maximum Gasteiger partial charge on any atom is 0.225 e. The fraction of sp³-hybridized carbons (Fsp3) is 0.500. The Labute approximate surface area is 119 Å². The molecule has 0 aromatic heterocycles. The van der Waals surface area contributed by atoms with Crippen molar-refractivity contribution in [3.05, 3.63) is 35.4 Å². The summed E-state index contributed by atoms with van der Waals surface area (Å²) in [4.78, 5) is 23.2. The van der Waals surface area contributed by atoms with Crippen molar-refractivity contribution in [2.24, 2.45) is 5.92 Å². The lowest BCUT2D eigenvalue weighted by Crippen LogP contribution is -2.45. The highest BCUT2D eigenvalue weighted by Gasteiger charge is 2.25. The van der Waals surface area contributed by atoms with Gasteiger partial charge in [-0.25, -0.2) is 0 Å². The molecule has 1 heterocycles. The first-order valence-corrected chi connectivity index (χ1v) is 7.18. The third kappa shape index (κ3) is 3.83. The van der Waals surface area contributed by atoms with Gasteiger partial charge in [0.25, 0.3) is 0 Å². The maximum atomic E-state index is 12.1. The predicted octanol–water partition coefficient (Wildman–Crippen LogP) is 1.57. The minimum atomic E-state index is -0.0907. The number of piperidine rings is 1. The molecule has 2 N–H and O–H groups in total. The van der Waals surface area contributed by atoms with Crippen LogP contribution < -0.4 is 10.6 Å². The summed E-state index contributed by atoms with van der Waals surface area (Å²) in [5.74, 6) is 0.000105. The molecule has 0 aliphatic carbocycles. The van der Waals surface area contributed by atoms with Gasteiger partial charge in [0, 0.05) is 19.0 Å². The molecule has 2 rings (SSSR count). The number of hydrogen-bond donors (Lipinski definition) is 2. The van der Waals surface area contributed by atoms with Crippen LogP contribution in [-0.2, 0) is 16.0 Å². The van der Waals surface area contributed by atoms with Crippen LogP contribution in [0.3, 0.4) is 0 Å². The van der Waals surface area contributed by atoms with E-state index >= 15 is 0 Å². The lowest BCUT2D eigenvalue weighted by molar-refractivity contribution is -0.129. The number of rotatable bonds is 4. The molecule has 1 fully saturated rings. The summed E-state index contributed by atoms with van der Waals surface area (Å²) in [6.07, 6.45) is 1.93. The molecule has 0 saturated carbocycles. The zero-order chi connectivity index (χ0) is 14.5. The Kier molecular flexibility index (Phi) is 4.77. The first kappa shape index (κ1) is 14.6. The van der Waals surface area contributed by atoms with Crippen LogP contribution in [-0.4, -0.2) is 24.4 Å². The smallest absolute Gasteiger partial charge is 0.225 e. The Hall–Kier alpha value is -1.84. The molecule has 20 heavy (non-hydrogen) atoms. The average Bonchev–Trinajstić information content (AvgIpc) is 2.42. The van der Waals surface area contributed by atoms with E-state index in [0.29, 0.717) is 19.4 Å². The van der Waals surface area contributed by atoms with Gasteiger partial charge in [-0.2, -0.15) is 0 Å². The van der Waals surface area contributed by atoms with Crippen molar-refractivity contribution in [3.8, 4) is 0 Å². The van der Waals surface area contributed by atoms with Gasteiger partial charge < -0.3 is 10.6 Å². The van der Waals surface area contributed by atoms with Crippen molar-refractivity contribution < 1.29 is 9.59 Å². The van der Waals surface area contributed by atoms with Crippen LogP contribution in [0.1, 0.15) is 30.9 Å². The quantitative estimate of drug-likeness (QED) is 0.875. The number of hydrogen-bond acceptors (Lipinski definition) is 2. The monoisotopic (exact) mass is 274 g/mol. The first-order valence-electron chi connectivity index (χ1n) is 7.18. The normalized spacial score (nSPS) is 20.1. The molecule has 1 aromatic carbocycles. The van der Waals surface area contributed by atoms with Crippen molar-refractivity contribution >= 4 is 11.8 Å². The van der Waals surface area contributed by atoms with E-state index < -0.39 is 0 Å². The lowest BCUT2D eigenvalue weighted by Gasteiger charge is -2.24. The van der Waals surface area contributed by atoms with Gasteiger partial charge in [0.1, 0.15) is 0 Å². The van der Waals surface area contributed by atoms with E-state index in [4.69, 9.17) is 0 Å². The summed E-state index contributed by atoms with van der Waals surface area (Å²) in [5, 5.41) is 5.80. The third-order valence-electron chi connectivity index (χ3n) is 3.81. The zero-order valence-corrected chi connectivity index (χ0v) is 12.1. The molecule has 0 radical (unpaired) electrons. The lowest BCUT2D eigenvalue weighted by atomic mass is 9.97.